The smallest absolute Gasteiger partial charge is 0.395 e. The Labute approximate surface area is 116 Å². The van der Waals surface area contributed by atoms with Crippen LogP contribution in [0.15, 0.2) is 18.2 Å². The lowest BCUT2D eigenvalue weighted by Crippen LogP contribution is -2.32. The van der Waals surface area contributed by atoms with Crippen molar-refractivity contribution in [1.82, 2.24) is 4.90 Å². The maximum atomic E-state index is 12.9. The fraction of sp³-hybridized carbons (Fsp3) is 0.571. The number of hydrogen-bond acceptors (Lipinski definition) is 4. The van der Waals surface area contributed by atoms with Gasteiger partial charge < -0.3 is 19.7 Å². The van der Waals surface area contributed by atoms with Gasteiger partial charge in [-0.25, -0.2) is 0 Å². The summed E-state index contributed by atoms with van der Waals surface area (Å²) in [4.78, 5) is 2.32. The van der Waals surface area contributed by atoms with Crippen molar-refractivity contribution in [3.63, 3.8) is 0 Å². The Kier molecular flexibility index (Phi) is 3.41. The predicted octanol–water partition coefficient (Wildman–Crippen LogP) is 2.76. The molecule has 2 heterocycles. The van der Waals surface area contributed by atoms with Crippen LogP contribution in [0.5, 0.6) is 11.5 Å². The van der Waals surface area contributed by atoms with Crippen molar-refractivity contribution in [3.05, 3.63) is 18.2 Å². The number of halogens is 2. The Bertz CT molecular complexity index is 488. The summed E-state index contributed by atoms with van der Waals surface area (Å²) in [5, 5.41) is 3.29. The number of piperidine rings is 1. The number of fused-ring (bicyclic) bond motifs is 1. The van der Waals surface area contributed by atoms with Crippen LogP contribution in [0.2, 0.25) is 0 Å². The molecule has 20 heavy (non-hydrogen) atoms. The SMILES string of the molecule is CN1CCC(CNc2ccc3c(c2)OC(F)(F)O3)CC1. The standard InChI is InChI=1S/C14H18F2N2O2/c1-18-6-4-10(5-7-18)9-17-11-2-3-12-13(8-11)20-14(15,16)19-12/h2-3,8,10,17H,4-7,9H2,1H3. The summed E-state index contributed by atoms with van der Waals surface area (Å²) in [6.07, 6.45) is -1.23. The highest BCUT2D eigenvalue weighted by atomic mass is 19.3. The maximum absolute atomic E-state index is 12.9. The third-order valence-corrected chi connectivity index (χ3v) is 3.83. The second-order valence-electron chi connectivity index (χ2n) is 5.46. The molecule has 4 nitrogen and oxygen atoms in total. The Morgan fingerprint density at radius 1 is 1.25 bits per heavy atom. The van der Waals surface area contributed by atoms with E-state index in [0.717, 1.165) is 38.2 Å². The zero-order chi connectivity index (χ0) is 14.2. The lowest BCUT2D eigenvalue weighted by Gasteiger charge is -2.29. The normalized spacial score (nSPS) is 21.9. The molecule has 1 aromatic rings. The quantitative estimate of drug-likeness (QED) is 0.925. The minimum atomic E-state index is -3.55. The van der Waals surface area contributed by atoms with Gasteiger partial charge in [0.2, 0.25) is 0 Å². The molecule has 0 aliphatic carbocycles. The van der Waals surface area contributed by atoms with Gasteiger partial charge in [0.05, 0.1) is 0 Å². The number of benzene rings is 1. The van der Waals surface area contributed by atoms with Gasteiger partial charge in [-0.1, -0.05) is 0 Å². The average Bonchev–Trinajstić information content (AvgIpc) is 2.71. The summed E-state index contributed by atoms with van der Waals surface area (Å²) in [6, 6.07) is 4.80. The molecule has 110 valence electrons. The third-order valence-electron chi connectivity index (χ3n) is 3.83. The number of likely N-dealkylation sites (tertiary alicyclic amines) is 1. The van der Waals surface area contributed by atoms with Crippen molar-refractivity contribution in [2.75, 3.05) is 32.0 Å². The monoisotopic (exact) mass is 284 g/mol. The first kappa shape index (κ1) is 13.4. The van der Waals surface area contributed by atoms with Gasteiger partial charge in [-0.05, 0) is 51.0 Å². The van der Waals surface area contributed by atoms with Gasteiger partial charge in [-0.3, -0.25) is 0 Å². The van der Waals surface area contributed by atoms with E-state index in [4.69, 9.17) is 0 Å². The highest BCUT2D eigenvalue weighted by molar-refractivity contribution is 5.55. The van der Waals surface area contributed by atoms with Crippen molar-refractivity contribution in [3.8, 4) is 11.5 Å². The Balaban J connectivity index is 1.57. The van der Waals surface area contributed by atoms with Crippen LogP contribution in [0.25, 0.3) is 0 Å². The molecular weight excluding hydrogens is 266 g/mol. The number of alkyl halides is 2. The van der Waals surface area contributed by atoms with Crippen LogP contribution in [0, 0.1) is 5.92 Å². The molecule has 2 aliphatic heterocycles. The molecule has 0 atom stereocenters. The summed E-state index contributed by atoms with van der Waals surface area (Å²) in [7, 11) is 2.13. The summed E-state index contributed by atoms with van der Waals surface area (Å²) in [5.41, 5.74) is 0.781. The molecule has 1 N–H and O–H groups in total. The Morgan fingerprint density at radius 2 is 1.95 bits per heavy atom. The van der Waals surface area contributed by atoms with Crippen molar-refractivity contribution in [2.24, 2.45) is 5.92 Å². The van der Waals surface area contributed by atoms with Gasteiger partial charge in [0.15, 0.2) is 11.5 Å². The molecular formula is C14H18F2N2O2. The van der Waals surface area contributed by atoms with E-state index in [1.54, 1.807) is 12.1 Å². The predicted molar refractivity (Wildman–Crippen MR) is 71.4 cm³/mol. The van der Waals surface area contributed by atoms with Crippen LogP contribution in [-0.4, -0.2) is 37.9 Å². The number of nitrogens with zero attached hydrogens (tertiary/aromatic N) is 1. The number of nitrogens with one attached hydrogen (secondary N) is 1. The van der Waals surface area contributed by atoms with Gasteiger partial charge >= 0.3 is 6.29 Å². The number of rotatable bonds is 3. The van der Waals surface area contributed by atoms with Gasteiger partial charge in [-0.15, -0.1) is 8.78 Å². The lowest BCUT2D eigenvalue weighted by atomic mass is 9.97. The van der Waals surface area contributed by atoms with Crippen LogP contribution >= 0.6 is 0 Å². The van der Waals surface area contributed by atoms with Gasteiger partial charge in [-0.2, -0.15) is 0 Å². The molecule has 3 rings (SSSR count). The van der Waals surface area contributed by atoms with Gasteiger partial charge in [0.1, 0.15) is 0 Å². The summed E-state index contributed by atoms with van der Waals surface area (Å²) in [6.45, 7) is 3.07. The van der Waals surface area contributed by atoms with E-state index in [0.29, 0.717) is 5.92 Å². The molecule has 0 aromatic heterocycles. The molecule has 0 bridgehead atoms. The van der Waals surface area contributed by atoms with Crippen molar-refractivity contribution in [2.45, 2.75) is 19.1 Å². The zero-order valence-corrected chi connectivity index (χ0v) is 11.4. The van der Waals surface area contributed by atoms with Crippen LogP contribution < -0.4 is 14.8 Å². The highest BCUT2D eigenvalue weighted by Crippen LogP contribution is 2.42. The van der Waals surface area contributed by atoms with Gasteiger partial charge in [0, 0.05) is 18.3 Å². The molecule has 0 saturated carbocycles. The number of anilines is 1. The minimum Gasteiger partial charge on any atom is -0.395 e. The van der Waals surface area contributed by atoms with Crippen molar-refractivity contribution < 1.29 is 18.3 Å². The highest BCUT2D eigenvalue weighted by Gasteiger charge is 2.43. The Hall–Kier alpha value is -1.56. The second kappa shape index (κ2) is 5.09. The maximum Gasteiger partial charge on any atom is 0.586 e. The van der Waals surface area contributed by atoms with E-state index in [1.807, 2.05) is 0 Å². The Morgan fingerprint density at radius 3 is 2.70 bits per heavy atom. The largest absolute Gasteiger partial charge is 0.586 e. The topological polar surface area (TPSA) is 33.7 Å². The van der Waals surface area contributed by atoms with E-state index in [-0.39, 0.29) is 11.5 Å². The van der Waals surface area contributed by atoms with E-state index >= 15 is 0 Å². The minimum absolute atomic E-state index is 0.0832. The molecule has 0 spiro atoms. The zero-order valence-electron chi connectivity index (χ0n) is 11.4. The summed E-state index contributed by atoms with van der Waals surface area (Å²) < 4.78 is 34.6. The molecule has 6 heteroatoms. The summed E-state index contributed by atoms with van der Waals surface area (Å²) in [5.74, 6) is 0.793. The molecule has 0 radical (unpaired) electrons. The van der Waals surface area contributed by atoms with Crippen LogP contribution in [0.1, 0.15) is 12.8 Å². The molecule has 1 saturated heterocycles. The molecule has 2 aliphatic rings. The van der Waals surface area contributed by atoms with Crippen LogP contribution in [-0.2, 0) is 0 Å². The van der Waals surface area contributed by atoms with Crippen molar-refractivity contribution >= 4 is 5.69 Å². The summed E-state index contributed by atoms with van der Waals surface area (Å²) >= 11 is 0. The number of hydrogen-bond donors (Lipinski definition) is 1. The molecule has 0 amide bonds. The van der Waals surface area contributed by atoms with Crippen LogP contribution in [0.4, 0.5) is 14.5 Å². The molecule has 0 unspecified atom stereocenters. The first-order valence-electron chi connectivity index (χ1n) is 6.84. The average molecular weight is 284 g/mol. The van der Waals surface area contributed by atoms with Crippen LogP contribution in [0.3, 0.4) is 0 Å². The molecule has 1 fully saturated rings. The van der Waals surface area contributed by atoms with E-state index < -0.39 is 6.29 Å². The first-order chi connectivity index (χ1) is 9.52. The number of ether oxygens (including phenoxy) is 2. The molecule has 1 aromatic carbocycles. The van der Waals surface area contributed by atoms with E-state index in [1.165, 1.54) is 6.07 Å². The fourth-order valence-corrected chi connectivity index (χ4v) is 2.59. The first-order valence-corrected chi connectivity index (χ1v) is 6.84. The second-order valence-corrected chi connectivity index (χ2v) is 5.46. The van der Waals surface area contributed by atoms with Gasteiger partial charge in [0.25, 0.3) is 0 Å². The van der Waals surface area contributed by atoms with E-state index in [9.17, 15) is 8.78 Å². The van der Waals surface area contributed by atoms with Crippen molar-refractivity contribution in [1.29, 1.82) is 0 Å². The third kappa shape index (κ3) is 2.95. The van der Waals surface area contributed by atoms with E-state index in [2.05, 4.69) is 26.7 Å². The fourth-order valence-electron chi connectivity index (χ4n) is 2.59. The lowest BCUT2D eigenvalue weighted by molar-refractivity contribution is -0.286.